The van der Waals surface area contributed by atoms with E-state index in [0.29, 0.717) is 5.02 Å². The van der Waals surface area contributed by atoms with Crippen LogP contribution in [0.2, 0.25) is 5.02 Å². The van der Waals surface area contributed by atoms with E-state index in [4.69, 9.17) is 11.6 Å². The van der Waals surface area contributed by atoms with E-state index in [2.05, 4.69) is 21.7 Å². The molecule has 0 amide bonds. The van der Waals surface area contributed by atoms with Gasteiger partial charge in [0, 0.05) is 48.8 Å². The lowest BCUT2D eigenvalue weighted by Gasteiger charge is -2.34. The number of aromatic nitrogens is 1. The van der Waals surface area contributed by atoms with Crippen LogP contribution in [0.15, 0.2) is 29.1 Å². The normalized spacial score (nSPS) is 17.0. The monoisotopic (exact) mass is 333 g/mol. The first-order valence-electron chi connectivity index (χ1n) is 8.42. The highest BCUT2D eigenvalue weighted by Crippen LogP contribution is 2.17. The van der Waals surface area contributed by atoms with Crippen LogP contribution in [-0.4, -0.2) is 47.5 Å². The van der Waals surface area contributed by atoms with E-state index in [1.807, 2.05) is 18.2 Å². The number of unbranched alkanes of at least 4 members (excludes halogenated alkanes) is 1. The number of benzene rings is 1. The van der Waals surface area contributed by atoms with E-state index < -0.39 is 0 Å². The van der Waals surface area contributed by atoms with E-state index in [-0.39, 0.29) is 5.56 Å². The first-order chi connectivity index (χ1) is 11.2. The average molecular weight is 334 g/mol. The lowest BCUT2D eigenvalue weighted by molar-refractivity contribution is 0.125. The molecule has 3 rings (SSSR count). The zero-order chi connectivity index (χ0) is 16.2. The van der Waals surface area contributed by atoms with Crippen LogP contribution in [0.25, 0.3) is 10.9 Å². The molecular formula is C18H24ClN3O. The standard InChI is InChI=1S/C18H24ClN3O/c1-2-3-6-21-7-9-22(10-8-21)13-15-11-14-4-5-16(19)12-17(14)20-18(15)23/h4-5,11-12H,2-3,6-10,13H2,1H3,(H,20,23). The molecule has 1 aliphatic heterocycles. The number of H-pyrrole nitrogens is 1. The number of rotatable bonds is 5. The van der Waals surface area contributed by atoms with Crippen LogP contribution in [-0.2, 0) is 6.54 Å². The van der Waals surface area contributed by atoms with Gasteiger partial charge in [0.1, 0.15) is 0 Å². The Balaban J connectivity index is 1.67. The highest BCUT2D eigenvalue weighted by molar-refractivity contribution is 6.31. The molecule has 1 N–H and O–H groups in total. The Bertz CT molecular complexity index is 720. The number of halogens is 1. The van der Waals surface area contributed by atoms with Crippen molar-refractivity contribution in [3.05, 3.63) is 45.2 Å². The molecule has 0 spiro atoms. The largest absolute Gasteiger partial charge is 0.322 e. The third-order valence-corrected chi connectivity index (χ3v) is 4.81. The molecular weight excluding hydrogens is 310 g/mol. The molecule has 0 aliphatic carbocycles. The van der Waals surface area contributed by atoms with Crippen molar-refractivity contribution in [3.8, 4) is 0 Å². The fourth-order valence-electron chi connectivity index (χ4n) is 3.13. The summed E-state index contributed by atoms with van der Waals surface area (Å²) in [5.41, 5.74) is 1.63. The van der Waals surface area contributed by atoms with Crippen LogP contribution in [0.3, 0.4) is 0 Å². The molecule has 1 aromatic heterocycles. The van der Waals surface area contributed by atoms with E-state index in [0.717, 1.165) is 49.2 Å². The minimum atomic E-state index is -0.00632. The van der Waals surface area contributed by atoms with Gasteiger partial charge in [0.15, 0.2) is 0 Å². The van der Waals surface area contributed by atoms with Gasteiger partial charge in [-0.15, -0.1) is 0 Å². The number of nitrogens with zero attached hydrogens (tertiary/aromatic N) is 2. The maximum absolute atomic E-state index is 12.3. The molecule has 0 unspecified atom stereocenters. The Hall–Kier alpha value is -1.36. The minimum Gasteiger partial charge on any atom is -0.322 e. The highest BCUT2D eigenvalue weighted by atomic mass is 35.5. The Kier molecular flexibility index (Phi) is 5.36. The van der Waals surface area contributed by atoms with Crippen LogP contribution in [0.1, 0.15) is 25.3 Å². The first kappa shape index (κ1) is 16.5. The Morgan fingerprint density at radius 3 is 2.61 bits per heavy atom. The van der Waals surface area contributed by atoms with Crippen molar-refractivity contribution in [2.75, 3.05) is 32.7 Å². The molecule has 1 saturated heterocycles. The Labute approximate surface area is 142 Å². The van der Waals surface area contributed by atoms with Gasteiger partial charge in [-0.2, -0.15) is 0 Å². The smallest absolute Gasteiger partial charge is 0.252 e. The van der Waals surface area contributed by atoms with Crippen molar-refractivity contribution in [2.24, 2.45) is 0 Å². The predicted molar refractivity (Wildman–Crippen MR) is 96.2 cm³/mol. The van der Waals surface area contributed by atoms with Gasteiger partial charge >= 0.3 is 0 Å². The number of piperazine rings is 1. The molecule has 0 saturated carbocycles. The van der Waals surface area contributed by atoms with Crippen molar-refractivity contribution in [1.82, 2.24) is 14.8 Å². The van der Waals surface area contributed by atoms with Gasteiger partial charge in [-0.3, -0.25) is 9.69 Å². The van der Waals surface area contributed by atoms with Crippen LogP contribution < -0.4 is 5.56 Å². The van der Waals surface area contributed by atoms with Gasteiger partial charge in [-0.25, -0.2) is 0 Å². The summed E-state index contributed by atoms with van der Waals surface area (Å²) >= 11 is 5.98. The van der Waals surface area contributed by atoms with Crippen molar-refractivity contribution >= 4 is 22.5 Å². The van der Waals surface area contributed by atoms with E-state index in [9.17, 15) is 4.79 Å². The number of nitrogens with one attached hydrogen (secondary N) is 1. The zero-order valence-corrected chi connectivity index (χ0v) is 14.4. The van der Waals surface area contributed by atoms with Crippen LogP contribution in [0, 0.1) is 0 Å². The maximum Gasteiger partial charge on any atom is 0.252 e. The summed E-state index contributed by atoms with van der Waals surface area (Å²) in [6.07, 6.45) is 2.52. The number of pyridine rings is 1. The van der Waals surface area contributed by atoms with Gasteiger partial charge in [-0.05, 0) is 36.6 Å². The average Bonchev–Trinajstić information content (AvgIpc) is 2.55. The molecule has 0 atom stereocenters. The lowest BCUT2D eigenvalue weighted by atomic mass is 10.1. The minimum absolute atomic E-state index is 0.00632. The van der Waals surface area contributed by atoms with Crippen LogP contribution in [0.4, 0.5) is 0 Å². The maximum atomic E-state index is 12.3. The van der Waals surface area contributed by atoms with Crippen molar-refractivity contribution < 1.29 is 0 Å². The number of aromatic amines is 1. The third-order valence-electron chi connectivity index (χ3n) is 4.57. The first-order valence-corrected chi connectivity index (χ1v) is 8.79. The molecule has 124 valence electrons. The van der Waals surface area contributed by atoms with E-state index in [1.165, 1.54) is 19.4 Å². The lowest BCUT2D eigenvalue weighted by Crippen LogP contribution is -2.46. The van der Waals surface area contributed by atoms with E-state index in [1.54, 1.807) is 6.07 Å². The van der Waals surface area contributed by atoms with Gasteiger partial charge in [0.25, 0.3) is 5.56 Å². The highest BCUT2D eigenvalue weighted by Gasteiger charge is 2.17. The summed E-state index contributed by atoms with van der Waals surface area (Å²) in [5, 5.41) is 1.68. The van der Waals surface area contributed by atoms with Crippen LogP contribution in [0.5, 0.6) is 0 Å². The van der Waals surface area contributed by atoms with Gasteiger partial charge in [-0.1, -0.05) is 31.0 Å². The molecule has 0 bridgehead atoms. The quantitative estimate of drug-likeness (QED) is 0.914. The van der Waals surface area contributed by atoms with Crippen molar-refractivity contribution in [3.63, 3.8) is 0 Å². The fourth-order valence-corrected chi connectivity index (χ4v) is 3.30. The molecule has 5 heteroatoms. The summed E-state index contributed by atoms with van der Waals surface area (Å²) in [7, 11) is 0. The predicted octanol–water partition coefficient (Wildman–Crippen LogP) is 3.10. The zero-order valence-electron chi connectivity index (χ0n) is 13.6. The Morgan fingerprint density at radius 2 is 1.87 bits per heavy atom. The molecule has 1 aliphatic rings. The number of hydrogen-bond donors (Lipinski definition) is 1. The van der Waals surface area contributed by atoms with Gasteiger partial charge in [0.2, 0.25) is 0 Å². The summed E-state index contributed by atoms with van der Waals surface area (Å²) < 4.78 is 0. The second-order valence-electron chi connectivity index (χ2n) is 6.33. The summed E-state index contributed by atoms with van der Waals surface area (Å²) in [4.78, 5) is 20.1. The number of fused-ring (bicyclic) bond motifs is 1. The summed E-state index contributed by atoms with van der Waals surface area (Å²) in [6.45, 7) is 8.40. The van der Waals surface area contributed by atoms with Crippen molar-refractivity contribution in [1.29, 1.82) is 0 Å². The van der Waals surface area contributed by atoms with Crippen LogP contribution >= 0.6 is 11.6 Å². The van der Waals surface area contributed by atoms with E-state index >= 15 is 0 Å². The SMILES string of the molecule is CCCCN1CCN(Cc2cc3ccc(Cl)cc3[nH]c2=O)CC1. The third kappa shape index (κ3) is 4.14. The molecule has 1 aromatic carbocycles. The second-order valence-corrected chi connectivity index (χ2v) is 6.76. The van der Waals surface area contributed by atoms with Gasteiger partial charge < -0.3 is 9.88 Å². The second kappa shape index (κ2) is 7.47. The molecule has 1 fully saturated rings. The topological polar surface area (TPSA) is 39.3 Å². The number of hydrogen-bond acceptors (Lipinski definition) is 3. The molecule has 4 nitrogen and oxygen atoms in total. The molecule has 0 radical (unpaired) electrons. The summed E-state index contributed by atoms with van der Waals surface area (Å²) in [5.74, 6) is 0. The molecule has 23 heavy (non-hydrogen) atoms. The Morgan fingerprint density at radius 1 is 1.13 bits per heavy atom. The fraction of sp³-hybridized carbons (Fsp3) is 0.500. The molecule has 2 aromatic rings. The van der Waals surface area contributed by atoms with Gasteiger partial charge in [0.05, 0.1) is 0 Å². The molecule has 2 heterocycles. The summed E-state index contributed by atoms with van der Waals surface area (Å²) in [6, 6.07) is 7.61. The van der Waals surface area contributed by atoms with Crippen molar-refractivity contribution in [2.45, 2.75) is 26.3 Å².